The lowest BCUT2D eigenvalue weighted by Crippen LogP contribution is -2.34. The first kappa shape index (κ1) is 28.3. The third-order valence-electron chi connectivity index (χ3n) is 5.33. The lowest BCUT2D eigenvalue weighted by Gasteiger charge is -2.24. The Bertz CT molecular complexity index is 1170. The largest absolute Gasteiger partial charge is 0.463 e. The van der Waals surface area contributed by atoms with E-state index in [0.29, 0.717) is 0 Å². The molecule has 1 fully saturated rings. The van der Waals surface area contributed by atoms with Crippen LogP contribution in [0.5, 0.6) is 5.75 Å². The predicted octanol–water partition coefficient (Wildman–Crippen LogP) is 3.88. The molecule has 1 aliphatic rings. The number of alkyl halides is 1. The summed E-state index contributed by atoms with van der Waals surface area (Å²) < 4.78 is 59.8. The number of hydrogen-bond donors (Lipinski definition) is 1. The van der Waals surface area contributed by atoms with Crippen LogP contribution in [0.2, 0.25) is 0 Å². The monoisotopic (exact) mass is 546 g/mol. The number of hydrogen-bond acceptors (Lipinski definition) is 9. The van der Waals surface area contributed by atoms with Crippen LogP contribution in [0.4, 0.5) is 8.78 Å². The zero-order valence-electron chi connectivity index (χ0n) is 20.2. The fourth-order valence-electron chi connectivity index (χ4n) is 3.48. The number of para-hydroxylation sites is 1. The summed E-state index contributed by atoms with van der Waals surface area (Å²) in [6, 6.07) is 8.19. The molecule has 9 nitrogen and oxygen atoms in total. The van der Waals surface area contributed by atoms with Gasteiger partial charge in [0, 0.05) is 6.20 Å². The van der Waals surface area contributed by atoms with E-state index in [0.717, 1.165) is 22.5 Å². The quantitative estimate of drug-likeness (QED) is 0.350. The molecule has 6 atom stereocenters. The van der Waals surface area contributed by atoms with Crippen molar-refractivity contribution in [3.8, 4) is 5.75 Å². The molecule has 1 aromatic carbocycles. The summed E-state index contributed by atoms with van der Waals surface area (Å²) >= 11 is 0.827. The standard InChI is InChI=1S/C23H29F2N2O7PS/c1-13(2)33-22(29)14(3)12-35(31,34-16-8-6-5-7-9-16)32-11-18-20(28)19(25)21(36-18)27-10-17(24)15(4)26-23(27)30/h5-10,13-14,18-21,28H,11-12H2,1-4H3/t14-,18-,19+,20-,21-,35+/m1/s1. The number of carbonyl (C=O) groups excluding carboxylic acids is 1. The first-order valence-electron chi connectivity index (χ1n) is 11.3. The molecule has 0 aliphatic carbocycles. The number of aliphatic hydroxyl groups is 1. The fourth-order valence-corrected chi connectivity index (χ4v) is 6.87. The molecule has 2 heterocycles. The van der Waals surface area contributed by atoms with Crippen molar-refractivity contribution in [1.82, 2.24) is 9.55 Å². The number of ether oxygens (including phenoxy) is 1. The Labute approximate surface area is 211 Å². The maximum absolute atomic E-state index is 14.9. The minimum absolute atomic E-state index is 0.126. The number of nitrogens with zero attached hydrogens (tertiary/aromatic N) is 2. The van der Waals surface area contributed by atoms with Gasteiger partial charge >= 0.3 is 19.3 Å². The Kier molecular flexibility index (Phi) is 9.32. The number of benzene rings is 1. The van der Waals surface area contributed by atoms with Gasteiger partial charge in [-0.25, -0.2) is 18.1 Å². The van der Waals surface area contributed by atoms with E-state index in [1.54, 1.807) is 44.2 Å². The lowest BCUT2D eigenvalue weighted by molar-refractivity contribution is -0.151. The van der Waals surface area contributed by atoms with Crippen LogP contribution in [-0.2, 0) is 18.6 Å². The topological polar surface area (TPSA) is 117 Å². The van der Waals surface area contributed by atoms with Gasteiger partial charge in [-0.05, 0) is 32.9 Å². The second kappa shape index (κ2) is 11.9. The first-order chi connectivity index (χ1) is 16.9. The molecule has 0 radical (unpaired) electrons. The third kappa shape index (κ3) is 6.94. The molecule has 1 N–H and O–H groups in total. The molecule has 2 aromatic rings. The molecule has 198 valence electrons. The van der Waals surface area contributed by atoms with E-state index < -0.39 is 60.5 Å². The van der Waals surface area contributed by atoms with Crippen LogP contribution in [0, 0.1) is 18.7 Å². The van der Waals surface area contributed by atoms with Crippen molar-refractivity contribution in [3.05, 3.63) is 58.5 Å². The number of halogens is 2. The van der Waals surface area contributed by atoms with Gasteiger partial charge in [0.1, 0.15) is 17.2 Å². The highest BCUT2D eigenvalue weighted by atomic mass is 32.2. The van der Waals surface area contributed by atoms with Crippen molar-refractivity contribution >= 4 is 25.3 Å². The molecule has 0 spiro atoms. The van der Waals surface area contributed by atoms with E-state index in [1.807, 2.05) is 0 Å². The van der Waals surface area contributed by atoms with Gasteiger partial charge in [-0.3, -0.25) is 13.9 Å². The molecule has 0 bridgehead atoms. The number of aliphatic hydroxyl groups excluding tert-OH is 1. The van der Waals surface area contributed by atoms with E-state index in [-0.39, 0.29) is 23.7 Å². The molecule has 1 saturated heterocycles. The van der Waals surface area contributed by atoms with Crippen molar-refractivity contribution in [3.63, 3.8) is 0 Å². The Hall–Kier alpha value is -2.27. The van der Waals surface area contributed by atoms with E-state index >= 15 is 0 Å². The third-order valence-corrected chi connectivity index (χ3v) is 8.88. The Morgan fingerprint density at radius 1 is 1.28 bits per heavy atom. The minimum atomic E-state index is -4.00. The molecule has 3 rings (SSSR count). The predicted molar refractivity (Wildman–Crippen MR) is 130 cm³/mol. The van der Waals surface area contributed by atoms with Crippen LogP contribution in [0.15, 0.2) is 41.3 Å². The first-order valence-corrected chi connectivity index (χ1v) is 14.0. The van der Waals surface area contributed by atoms with Crippen molar-refractivity contribution in [2.45, 2.75) is 56.7 Å². The fraction of sp³-hybridized carbons (Fsp3) is 0.522. The molecular formula is C23H29F2N2O7PS. The lowest BCUT2D eigenvalue weighted by atomic mass is 10.1. The zero-order chi connectivity index (χ0) is 26.6. The van der Waals surface area contributed by atoms with Gasteiger partial charge in [0.15, 0.2) is 12.0 Å². The maximum atomic E-state index is 14.9. The Balaban J connectivity index is 1.77. The normalized spacial score (nSPS) is 24.3. The highest BCUT2D eigenvalue weighted by Gasteiger charge is 2.46. The summed E-state index contributed by atoms with van der Waals surface area (Å²) in [7, 11) is -4.00. The average molecular weight is 547 g/mol. The minimum Gasteiger partial charge on any atom is -0.463 e. The van der Waals surface area contributed by atoms with Crippen LogP contribution >= 0.6 is 19.4 Å². The summed E-state index contributed by atoms with van der Waals surface area (Å²) in [5.74, 6) is -1.98. The van der Waals surface area contributed by atoms with Crippen LogP contribution in [0.3, 0.4) is 0 Å². The molecular weight excluding hydrogens is 517 g/mol. The van der Waals surface area contributed by atoms with E-state index in [4.69, 9.17) is 13.8 Å². The SMILES string of the molecule is Cc1nc(=O)n([C@@H]2S[C@H](CO[P@@](=O)(C[C@@H](C)C(=O)OC(C)C)Oc3ccccc3)[C@@H](O)[C@@H]2F)cc1F. The van der Waals surface area contributed by atoms with Gasteiger partial charge in [-0.2, -0.15) is 4.98 Å². The van der Waals surface area contributed by atoms with Crippen LogP contribution < -0.4 is 10.2 Å². The number of aromatic nitrogens is 2. The van der Waals surface area contributed by atoms with Gasteiger partial charge in [-0.1, -0.05) is 25.1 Å². The number of esters is 1. The highest BCUT2D eigenvalue weighted by Crippen LogP contribution is 2.52. The zero-order valence-corrected chi connectivity index (χ0v) is 22.0. The number of rotatable bonds is 10. The summed E-state index contributed by atoms with van der Waals surface area (Å²) in [5, 5.41) is 8.22. The molecule has 36 heavy (non-hydrogen) atoms. The summed E-state index contributed by atoms with van der Waals surface area (Å²) in [5.41, 5.74) is -0.988. The summed E-state index contributed by atoms with van der Waals surface area (Å²) in [6.45, 7) is 5.78. The summed E-state index contributed by atoms with van der Waals surface area (Å²) in [4.78, 5) is 28.0. The van der Waals surface area contributed by atoms with Gasteiger partial charge < -0.3 is 14.4 Å². The van der Waals surface area contributed by atoms with Gasteiger partial charge in [0.05, 0.1) is 35.7 Å². The smallest absolute Gasteiger partial charge is 0.380 e. The van der Waals surface area contributed by atoms with Crippen LogP contribution in [0.25, 0.3) is 0 Å². The number of thioether (sulfide) groups is 1. The van der Waals surface area contributed by atoms with E-state index in [1.165, 1.54) is 13.8 Å². The molecule has 0 unspecified atom stereocenters. The van der Waals surface area contributed by atoms with Crippen molar-refractivity contribution in [1.29, 1.82) is 0 Å². The van der Waals surface area contributed by atoms with Crippen LogP contribution in [0.1, 0.15) is 31.8 Å². The van der Waals surface area contributed by atoms with Gasteiger partial charge in [-0.15, -0.1) is 11.8 Å². The Morgan fingerprint density at radius 2 is 1.94 bits per heavy atom. The second-order valence-corrected chi connectivity index (χ2v) is 12.1. The van der Waals surface area contributed by atoms with E-state index in [9.17, 15) is 28.0 Å². The summed E-state index contributed by atoms with van der Waals surface area (Å²) in [6.07, 6.45) is -3.40. The number of carbonyl (C=O) groups is 1. The highest BCUT2D eigenvalue weighted by molar-refractivity contribution is 8.00. The molecule has 1 aliphatic heterocycles. The van der Waals surface area contributed by atoms with Crippen LogP contribution in [-0.4, -0.2) is 57.0 Å². The van der Waals surface area contributed by atoms with Crippen molar-refractivity contribution in [2.75, 3.05) is 12.8 Å². The van der Waals surface area contributed by atoms with Crippen molar-refractivity contribution in [2.24, 2.45) is 5.92 Å². The molecule has 13 heteroatoms. The maximum Gasteiger partial charge on any atom is 0.380 e. The van der Waals surface area contributed by atoms with Gasteiger partial charge in [0.25, 0.3) is 0 Å². The Morgan fingerprint density at radius 3 is 2.58 bits per heavy atom. The van der Waals surface area contributed by atoms with Gasteiger partial charge in [0.2, 0.25) is 0 Å². The number of aryl methyl sites for hydroxylation is 1. The molecule has 0 amide bonds. The molecule has 1 aromatic heterocycles. The van der Waals surface area contributed by atoms with Crippen molar-refractivity contribution < 1.29 is 37.0 Å². The average Bonchev–Trinajstić information content (AvgIpc) is 3.08. The molecule has 0 saturated carbocycles. The second-order valence-electron chi connectivity index (χ2n) is 8.74. The van der Waals surface area contributed by atoms with E-state index in [2.05, 4.69) is 4.98 Å².